The zero-order valence-corrected chi connectivity index (χ0v) is 32.8. The van der Waals surface area contributed by atoms with E-state index in [1.807, 2.05) is 24.5 Å². The van der Waals surface area contributed by atoms with E-state index in [2.05, 4.69) is 98.2 Å². The van der Waals surface area contributed by atoms with Crippen LogP contribution in [0.15, 0.2) is 96.3 Å². The molecular weight excluding hydrogens is 719 g/mol. The number of nitrogens with zero attached hydrogens (tertiary/aromatic N) is 2. The van der Waals surface area contributed by atoms with Crippen LogP contribution in [0.5, 0.6) is 0 Å². The van der Waals surface area contributed by atoms with Crippen molar-refractivity contribution in [1.82, 2.24) is 9.97 Å². The number of hydrogen-bond acceptors (Lipinski definition) is 2. The number of pyridine rings is 2. The summed E-state index contributed by atoms with van der Waals surface area (Å²) in [5.74, 6) is 4.99. The maximum atomic E-state index is 8.69. The van der Waals surface area contributed by atoms with Gasteiger partial charge in [0.2, 0.25) is 0 Å². The van der Waals surface area contributed by atoms with Crippen molar-refractivity contribution in [3.63, 3.8) is 0 Å². The fourth-order valence-corrected chi connectivity index (χ4v) is 53.0. The Kier molecular flexibility index (Phi) is 9.62. The molecular formula is C38H43Cl2GeN2Zr. The Balaban J connectivity index is 1.60. The van der Waals surface area contributed by atoms with Gasteiger partial charge in [0.1, 0.15) is 0 Å². The molecule has 6 rings (SSSR count). The van der Waals surface area contributed by atoms with Crippen LogP contribution in [0, 0.1) is 0 Å². The number of fused-ring (bicyclic) bond motifs is 2. The summed E-state index contributed by atoms with van der Waals surface area (Å²) in [6.45, 7) is 4.56. The monoisotopic (exact) mass is 761 g/mol. The summed E-state index contributed by atoms with van der Waals surface area (Å²) in [6, 6.07) is 25.9. The Labute approximate surface area is 273 Å². The molecule has 2 aliphatic rings. The number of aromatic nitrogens is 2. The first-order valence-corrected chi connectivity index (χ1v) is 39.0. The Hall–Kier alpha value is -1.77. The van der Waals surface area contributed by atoms with E-state index in [1.165, 1.54) is 44.5 Å². The number of rotatable bonds is 11. The van der Waals surface area contributed by atoms with E-state index in [9.17, 15) is 0 Å². The van der Waals surface area contributed by atoms with Crippen molar-refractivity contribution < 1.29 is 13.9 Å². The fourth-order valence-electron chi connectivity index (χ4n) is 7.75. The molecule has 2 nitrogen and oxygen atoms in total. The van der Waals surface area contributed by atoms with E-state index in [1.54, 1.807) is 0 Å². The first-order chi connectivity index (χ1) is 21.3. The summed E-state index contributed by atoms with van der Waals surface area (Å²) >= 11 is -4.79. The quantitative estimate of drug-likeness (QED) is 0.142. The van der Waals surface area contributed by atoms with Crippen LogP contribution in [0.4, 0.5) is 0 Å². The molecule has 227 valence electrons. The normalized spacial score (nSPS) is 18.4. The molecule has 0 aliphatic heterocycles. The molecule has 0 saturated carbocycles. The zero-order valence-electron chi connectivity index (χ0n) is 26.4. The average molecular weight is 763 g/mol. The Bertz CT molecular complexity index is 1590. The first-order valence-electron chi connectivity index (χ1n) is 16.4. The second-order valence-corrected chi connectivity index (χ2v) is 77.1. The van der Waals surface area contributed by atoms with Crippen LogP contribution in [0.1, 0.15) is 81.9 Å². The van der Waals surface area contributed by atoms with Gasteiger partial charge < -0.3 is 0 Å². The summed E-state index contributed by atoms with van der Waals surface area (Å²) in [5.41, 5.74) is 12.6. The van der Waals surface area contributed by atoms with Crippen LogP contribution >= 0.6 is 17.0 Å². The molecule has 2 unspecified atom stereocenters. The molecule has 2 aromatic carbocycles. The van der Waals surface area contributed by atoms with Crippen molar-refractivity contribution in [3.05, 3.63) is 119 Å². The van der Waals surface area contributed by atoms with Crippen molar-refractivity contribution in [2.45, 2.75) is 71.1 Å². The standard InChI is InChI=1S/2C18H18N.C2H7Ge.2ClH.Zr/c2*1-2-3-7-14-12-15-8-6-9-16(17(15)13-14)18-10-4-5-11-19-18;1-3-2;;;/h2*4-6,8-13H,2-3,7H2,1H3;3H,1-2H3;2*1H;/q;;;;;+2/p-2. The minimum atomic E-state index is -4.79. The molecule has 0 amide bonds. The van der Waals surface area contributed by atoms with Crippen LogP contribution in [0.3, 0.4) is 0 Å². The van der Waals surface area contributed by atoms with Crippen molar-refractivity contribution in [2.24, 2.45) is 0 Å². The van der Waals surface area contributed by atoms with E-state index in [-0.39, 0.29) is 7.25 Å². The van der Waals surface area contributed by atoms with Gasteiger partial charge in [-0.15, -0.1) is 0 Å². The molecule has 0 radical (unpaired) electrons. The molecule has 2 aromatic heterocycles. The van der Waals surface area contributed by atoms with Crippen molar-refractivity contribution in [2.75, 3.05) is 0 Å². The second-order valence-electron chi connectivity index (χ2n) is 12.9. The summed E-state index contributed by atoms with van der Waals surface area (Å²) in [6.07, 6.45) is 15.4. The molecule has 0 bridgehead atoms. The van der Waals surface area contributed by atoms with Gasteiger partial charge in [-0.3, -0.25) is 0 Å². The first kappa shape index (κ1) is 32.2. The summed E-state index contributed by atoms with van der Waals surface area (Å²) in [4.78, 5) is 9.53. The molecule has 6 heteroatoms. The van der Waals surface area contributed by atoms with Gasteiger partial charge in [-0.2, -0.15) is 0 Å². The van der Waals surface area contributed by atoms with Crippen molar-refractivity contribution >= 4 is 39.7 Å². The second kappa shape index (κ2) is 13.1. The van der Waals surface area contributed by atoms with Crippen LogP contribution < -0.4 is 0 Å². The Morgan fingerprint density at radius 2 is 1.09 bits per heavy atom. The average Bonchev–Trinajstić information content (AvgIpc) is 3.63. The molecule has 4 aromatic rings. The van der Waals surface area contributed by atoms with Crippen molar-refractivity contribution in [3.8, 4) is 22.5 Å². The molecule has 0 fully saturated rings. The SMILES string of the molecule is CCCCC1=Cc2c(-c3ccccn3)cccc2[CH]1[Zr]([Cl])([Cl])([CH]1C(CCCC)=Cc2c(-c3ccccn3)cccc21)[GeH]([CH3])[CH3]. The molecule has 0 spiro atoms. The predicted molar refractivity (Wildman–Crippen MR) is 190 cm³/mol. The summed E-state index contributed by atoms with van der Waals surface area (Å²) in [5, 5.41) is 0. The topological polar surface area (TPSA) is 25.8 Å². The van der Waals surface area contributed by atoms with E-state index < -0.39 is 24.4 Å². The molecule has 44 heavy (non-hydrogen) atoms. The minimum absolute atomic E-state index is 0.115. The van der Waals surface area contributed by atoms with E-state index in [4.69, 9.17) is 27.0 Å². The molecule has 0 N–H and O–H groups in total. The van der Waals surface area contributed by atoms with Gasteiger partial charge in [0.05, 0.1) is 0 Å². The maximum absolute atomic E-state index is 8.69. The molecule has 2 heterocycles. The van der Waals surface area contributed by atoms with Gasteiger partial charge in [0.25, 0.3) is 0 Å². The number of allylic oxidation sites excluding steroid dienone is 2. The predicted octanol–water partition coefficient (Wildman–Crippen LogP) is 11.7. The van der Waals surface area contributed by atoms with Crippen LogP contribution in [0.2, 0.25) is 11.5 Å². The fraction of sp³-hybridized carbons (Fsp3) is 0.316. The van der Waals surface area contributed by atoms with Gasteiger partial charge in [0.15, 0.2) is 0 Å². The Morgan fingerprint density at radius 1 is 0.636 bits per heavy atom. The molecule has 2 aliphatic carbocycles. The Morgan fingerprint density at radius 3 is 1.45 bits per heavy atom. The molecule has 2 atom stereocenters. The van der Waals surface area contributed by atoms with Gasteiger partial charge in [-0.25, -0.2) is 0 Å². The van der Waals surface area contributed by atoms with Gasteiger partial charge >= 0.3 is 276 Å². The van der Waals surface area contributed by atoms with Crippen LogP contribution in [-0.4, -0.2) is 20.5 Å². The third kappa shape index (κ3) is 5.49. The van der Waals surface area contributed by atoms with E-state index in [0.29, 0.717) is 0 Å². The van der Waals surface area contributed by atoms with Crippen molar-refractivity contribution in [1.29, 1.82) is 0 Å². The zero-order chi connectivity index (χ0) is 30.9. The number of halogens is 2. The van der Waals surface area contributed by atoms with Crippen LogP contribution in [0.25, 0.3) is 34.7 Å². The third-order valence-electron chi connectivity index (χ3n) is 10.0. The van der Waals surface area contributed by atoms with E-state index >= 15 is 0 Å². The van der Waals surface area contributed by atoms with Gasteiger partial charge in [-0.05, 0) is 0 Å². The summed E-state index contributed by atoms with van der Waals surface area (Å²) in [7, 11) is 15.1. The van der Waals surface area contributed by atoms with Gasteiger partial charge in [0, 0.05) is 0 Å². The van der Waals surface area contributed by atoms with E-state index in [0.717, 1.165) is 49.9 Å². The number of benzene rings is 2. The number of hydrogen-bond donors (Lipinski definition) is 0. The third-order valence-corrected chi connectivity index (χ3v) is 91.9. The number of unbranched alkanes of at least 4 members (excludes halogenated alkanes) is 2. The summed E-state index contributed by atoms with van der Waals surface area (Å²) < 4.78 is 0.230. The van der Waals surface area contributed by atoms with Crippen LogP contribution in [-0.2, 0) is 13.9 Å². The molecule has 0 saturated heterocycles. The van der Waals surface area contributed by atoms with Gasteiger partial charge in [-0.1, -0.05) is 0 Å².